The minimum atomic E-state index is -0.271. The van der Waals surface area contributed by atoms with E-state index in [1.54, 1.807) is 12.1 Å². The maximum atomic E-state index is 12.9. The smallest absolute Gasteiger partial charge is 0.227 e. The van der Waals surface area contributed by atoms with E-state index in [0.717, 1.165) is 24.8 Å². The van der Waals surface area contributed by atoms with Gasteiger partial charge in [-0.2, -0.15) is 0 Å². The number of benzene rings is 1. The number of likely N-dealkylation sites (N-methyl/N-ethyl adjacent to an activating group) is 1. The molecule has 2 unspecified atom stereocenters. The number of nitrogens with two attached hydrogens (primary N) is 1. The number of amides is 1. The molecule has 0 radical (unpaired) electrons. The third-order valence-corrected chi connectivity index (χ3v) is 4.25. The first-order valence-electron chi connectivity index (χ1n) is 7.39. The van der Waals surface area contributed by atoms with Crippen LogP contribution in [0.2, 0.25) is 0 Å². The van der Waals surface area contributed by atoms with Crippen molar-refractivity contribution in [3.8, 4) is 0 Å². The average molecular weight is 278 g/mol. The lowest BCUT2D eigenvalue weighted by Crippen LogP contribution is -2.44. The molecule has 1 fully saturated rings. The molecule has 1 saturated carbocycles. The van der Waals surface area contributed by atoms with Crippen molar-refractivity contribution in [2.75, 3.05) is 13.1 Å². The molecule has 1 aliphatic rings. The fraction of sp³-hybridized carbons (Fsp3) is 0.562. The van der Waals surface area contributed by atoms with Gasteiger partial charge in [-0.05, 0) is 49.9 Å². The summed E-state index contributed by atoms with van der Waals surface area (Å²) in [5, 5.41) is 0. The van der Waals surface area contributed by atoms with Gasteiger partial charge in [-0.15, -0.1) is 0 Å². The molecule has 0 aliphatic heterocycles. The summed E-state index contributed by atoms with van der Waals surface area (Å²) in [4.78, 5) is 14.4. The Morgan fingerprint density at radius 3 is 2.65 bits per heavy atom. The van der Waals surface area contributed by atoms with Gasteiger partial charge in [0, 0.05) is 12.6 Å². The van der Waals surface area contributed by atoms with Crippen LogP contribution >= 0.6 is 0 Å². The van der Waals surface area contributed by atoms with E-state index < -0.39 is 0 Å². The van der Waals surface area contributed by atoms with E-state index in [-0.39, 0.29) is 17.8 Å². The fourth-order valence-corrected chi connectivity index (χ4v) is 3.18. The normalized spacial score (nSPS) is 21.9. The quantitative estimate of drug-likeness (QED) is 0.898. The lowest BCUT2D eigenvalue weighted by atomic mass is 10.0. The first-order valence-corrected chi connectivity index (χ1v) is 7.39. The third kappa shape index (κ3) is 3.37. The monoisotopic (exact) mass is 278 g/mol. The third-order valence-electron chi connectivity index (χ3n) is 4.25. The SMILES string of the molecule is CCN(C(=O)Cc1ccc(F)cc1)C1CCCC1CN. The largest absolute Gasteiger partial charge is 0.339 e. The van der Waals surface area contributed by atoms with E-state index in [1.165, 1.54) is 12.1 Å². The number of hydrogen-bond donors (Lipinski definition) is 1. The minimum Gasteiger partial charge on any atom is -0.339 e. The first-order chi connectivity index (χ1) is 9.65. The molecule has 0 bridgehead atoms. The van der Waals surface area contributed by atoms with Crippen LogP contribution in [-0.2, 0) is 11.2 Å². The molecule has 1 amide bonds. The lowest BCUT2D eigenvalue weighted by molar-refractivity contribution is -0.133. The zero-order valence-electron chi connectivity index (χ0n) is 12.0. The molecule has 0 heterocycles. The molecule has 2 N–H and O–H groups in total. The Hall–Kier alpha value is -1.42. The second-order valence-corrected chi connectivity index (χ2v) is 5.48. The Labute approximate surface area is 120 Å². The molecular formula is C16H23FN2O. The van der Waals surface area contributed by atoms with E-state index in [9.17, 15) is 9.18 Å². The number of carbonyl (C=O) groups is 1. The molecule has 1 aromatic carbocycles. The van der Waals surface area contributed by atoms with Gasteiger partial charge >= 0.3 is 0 Å². The van der Waals surface area contributed by atoms with Gasteiger partial charge < -0.3 is 10.6 Å². The highest BCUT2D eigenvalue weighted by molar-refractivity contribution is 5.79. The second kappa shape index (κ2) is 6.84. The Balaban J connectivity index is 2.03. The fourth-order valence-electron chi connectivity index (χ4n) is 3.18. The number of carbonyl (C=O) groups excluding carboxylic acids is 1. The Bertz CT molecular complexity index is 446. The molecular weight excluding hydrogens is 255 g/mol. The number of halogens is 1. The van der Waals surface area contributed by atoms with Crippen LogP contribution in [0.15, 0.2) is 24.3 Å². The van der Waals surface area contributed by atoms with E-state index in [4.69, 9.17) is 5.73 Å². The summed E-state index contributed by atoms with van der Waals surface area (Å²) in [5.41, 5.74) is 6.66. The van der Waals surface area contributed by atoms with Gasteiger partial charge in [0.15, 0.2) is 0 Å². The predicted molar refractivity (Wildman–Crippen MR) is 77.7 cm³/mol. The van der Waals surface area contributed by atoms with Crippen molar-refractivity contribution in [1.29, 1.82) is 0 Å². The summed E-state index contributed by atoms with van der Waals surface area (Å²) >= 11 is 0. The molecule has 0 aromatic heterocycles. The molecule has 1 aromatic rings. The summed E-state index contributed by atoms with van der Waals surface area (Å²) in [6.45, 7) is 3.36. The lowest BCUT2D eigenvalue weighted by Gasteiger charge is -2.32. The van der Waals surface area contributed by atoms with Crippen molar-refractivity contribution in [3.63, 3.8) is 0 Å². The maximum absolute atomic E-state index is 12.9. The van der Waals surface area contributed by atoms with Gasteiger partial charge in [-0.1, -0.05) is 18.6 Å². The standard InChI is InChI=1S/C16H23FN2O/c1-2-19(15-5-3-4-13(15)11-18)16(20)10-12-6-8-14(17)9-7-12/h6-9,13,15H,2-5,10-11,18H2,1H3. The molecule has 0 spiro atoms. The van der Waals surface area contributed by atoms with Gasteiger partial charge in [0.25, 0.3) is 0 Å². The first kappa shape index (κ1) is 15.0. The highest BCUT2D eigenvalue weighted by atomic mass is 19.1. The van der Waals surface area contributed by atoms with Crippen LogP contribution in [0.3, 0.4) is 0 Å². The van der Waals surface area contributed by atoms with Crippen LogP contribution in [0.4, 0.5) is 4.39 Å². The van der Waals surface area contributed by atoms with Crippen LogP contribution in [0.25, 0.3) is 0 Å². The minimum absolute atomic E-state index is 0.115. The van der Waals surface area contributed by atoms with Gasteiger partial charge in [0.05, 0.1) is 6.42 Å². The van der Waals surface area contributed by atoms with Crippen molar-refractivity contribution < 1.29 is 9.18 Å². The van der Waals surface area contributed by atoms with Gasteiger partial charge in [-0.3, -0.25) is 4.79 Å². The molecule has 4 heteroatoms. The van der Waals surface area contributed by atoms with E-state index in [0.29, 0.717) is 25.4 Å². The van der Waals surface area contributed by atoms with Crippen LogP contribution in [-0.4, -0.2) is 29.9 Å². The molecule has 2 rings (SSSR count). The zero-order valence-corrected chi connectivity index (χ0v) is 12.0. The topological polar surface area (TPSA) is 46.3 Å². The van der Waals surface area contributed by atoms with Crippen molar-refractivity contribution in [2.24, 2.45) is 11.7 Å². The number of rotatable bonds is 5. The molecule has 2 atom stereocenters. The molecule has 3 nitrogen and oxygen atoms in total. The highest BCUT2D eigenvalue weighted by Gasteiger charge is 2.32. The summed E-state index contributed by atoms with van der Waals surface area (Å²) in [7, 11) is 0. The Kier molecular flexibility index (Phi) is 5.12. The highest BCUT2D eigenvalue weighted by Crippen LogP contribution is 2.29. The van der Waals surface area contributed by atoms with E-state index >= 15 is 0 Å². The predicted octanol–water partition coefficient (Wildman–Crippen LogP) is 2.34. The van der Waals surface area contributed by atoms with Crippen molar-refractivity contribution in [2.45, 2.75) is 38.6 Å². The molecule has 20 heavy (non-hydrogen) atoms. The zero-order chi connectivity index (χ0) is 14.5. The van der Waals surface area contributed by atoms with Crippen LogP contribution in [0.1, 0.15) is 31.7 Å². The Morgan fingerprint density at radius 2 is 2.05 bits per heavy atom. The van der Waals surface area contributed by atoms with Crippen LogP contribution in [0.5, 0.6) is 0 Å². The molecule has 0 saturated heterocycles. The van der Waals surface area contributed by atoms with Crippen molar-refractivity contribution in [1.82, 2.24) is 4.90 Å². The van der Waals surface area contributed by atoms with Crippen LogP contribution in [0, 0.1) is 11.7 Å². The maximum Gasteiger partial charge on any atom is 0.227 e. The summed E-state index contributed by atoms with van der Waals surface area (Å²) in [6.07, 6.45) is 3.64. The number of hydrogen-bond acceptors (Lipinski definition) is 2. The summed E-state index contributed by atoms with van der Waals surface area (Å²) in [6, 6.07) is 6.43. The summed E-state index contributed by atoms with van der Waals surface area (Å²) in [5.74, 6) is 0.268. The van der Waals surface area contributed by atoms with Crippen LogP contribution < -0.4 is 5.73 Å². The second-order valence-electron chi connectivity index (χ2n) is 5.48. The van der Waals surface area contributed by atoms with E-state index in [1.807, 2.05) is 11.8 Å². The van der Waals surface area contributed by atoms with Gasteiger partial charge in [0.1, 0.15) is 5.82 Å². The molecule has 1 aliphatic carbocycles. The van der Waals surface area contributed by atoms with Gasteiger partial charge in [0.2, 0.25) is 5.91 Å². The molecule has 110 valence electrons. The number of nitrogens with zero attached hydrogens (tertiary/aromatic N) is 1. The summed E-state index contributed by atoms with van der Waals surface area (Å²) < 4.78 is 12.9. The Morgan fingerprint density at radius 1 is 1.35 bits per heavy atom. The van der Waals surface area contributed by atoms with Gasteiger partial charge in [-0.25, -0.2) is 4.39 Å². The van der Waals surface area contributed by atoms with Crippen molar-refractivity contribution in [3.05, 3.63) is 35.6 Å². The van der Waals surface area contributed by atoms with Crippen molar-refractivity contribution >= 4 is 5.91 Å². The van der Waals surface area contributed by atoms with E-state index in [2.05, 4.69) is 0 Å². The average Bonchev–Trinajstić information content (AvgIpc) is 2.90.